The van der Waals surface area contributed by atoms with Crippen molar-refractivity contribution in [3.8, 4) is 0 Å². The van der Waals surface area contributed by atoms with Crippen LogP contribution >= 0.6 is 0 Å². The highest BCUT2D eigenvalue weighted by Crippen LogP contribution is 2.52. The maximum Gasteiger partial charge on any atom is 0.287 e. The lowest BCUT2D eigenvalue weighted by atomic mass is 9.57. The number of carbonyl (C=O) groups excluding carboxylic acids is 1. The number of carbonyl (C=O) groups is 1. The molecule has 22 heavy (non-hydrogen) atoms. The maximum atomic E-state index is 11.6. The van der Waals surface area contributed by atoms with E-state index < -0.39 is 4.92 Å². The summed E-state index contributed by atoms with van der Waals surface area (Å²) >= 11 is 0. The second-order valence-corrected chi connectivity index (χ2v) is 6.34. The van der Waals surface area contributed by atoms with Gasteiger partial charge in [0.25, 0.3) is 5.69 Å². The van der Waals surface area contributed by atoms with E-state index in [-0.39, 0.29) is 17.5 Å². The Kier molecular flexibility index (Phi) is 3.72. The van der Waals surface area contributed by atoms with Gasteiger partial charge in [-0.2, -0.15) is 0 Å². The van der Waals surface area contributed by atoms with Crippen LogP contribution < -0.4 is 10.2 Å². The third-order valence-electron chi connectivity index (χ3n) is 5.07. The van der Waals surface area contributed by atoms with Gasteiger partial charge in [0.2, 0.25) is 5.91 Å². The molecular weight excluding hydrogens is 284 g/mol. The van der Waals surface area contributed by atoms with Crippen LogP contribution in [0.1, 0.15) is 25.7 Å². The second kappa shape index (κ2) is 5.55. The third-order valence-corrected chi connectivity index (χ3v) is 5.07. The Morgan fingerprint density at radius 3 is 2.59 bits per heavy atom. The van der Waals surface area contributed by atoms with Gasteiger partial charge in [0.15, 0.2) is 0 Å². The summed E-state index contributed by atoms with van der Waals surface area (Å²) in [6.07, 6.45) is 5.38. The molecule has 1 aromatic heterocycles. The Balaban J connectivity index is 1.56. The minimum Gasteiger partial charge on any atom is -0.359 e. The van der Waals surface area contributed by atoms with Crippen molar-refractivity contribution in [1.82, 2.24) is 10.3 Å². The Morgan fingerprint density at radius 1 is 1.41 bits per heavy atom. The first-order valence-electron chi connectivity index (χ1n) is 7.60. The zero-order valence-electron chi connectivity index (χ0n) is 12.6. The van der Waals surface area contributed by atoms with E-state index in [9.17, 15) is 14.9 Å². The predicted octanol–water partition coefficient (Wildman–Crippen LogP) is 1.73. The molecule has 0 bridgehead atoms. The predicted molar refractivity (Wildman–Crippen MR) is 81.6 cm³/mol. The lowest BCUT2D eigenvalue weighted by molar-refractivity contribution is -0.385. The fraction of sp³-hybridized carbons (Fsp3) is 0.600. The van der Waals surface area contributed by atoms with Crippen LogP contribution in [0.5, 0.6) is 0 Å². The minimum absolute atomic E-state index is 0.0182. The van der Waals surface area contributed by atoms with Crippen molar-refractivity contribution in [1.29, 1.82) is 0 Å². The highest BCUT2D eigenvalue weighted by atomic mass is 16.6. The van der Waals surface area contributed by atoms with E-state index >= 15 is 0 Å². The average Bonchev–Trinajstić information content (AvgIpc) is 2.52. The summed E-state index contributed by atoms with van der Waals surface area (Å²) in [4.78, 5) is 28.2. The number of nitrogens with zero attached hydrogens (tertiary/aromatic N) is 3. The molecule has 1 spiro atoms. The van der Waals surface area contributed by atoms with Gasteiger partial charge in [0.1, 0.15) is 12.0 Å². The molecule has 2 heterocycles. The van der Waals surface area contributed by atoms with Crippen molar-refractivity contribution in [3.05, 3.63) is 28.4 Å². The lowest BCUT2D eigenvalue weighted by Gasteiger charge is -2.51. The van der Waals surface area contributed by atoms with Crippen LogP contribution in [0, 0.1) is 21.4 Å². The Hall–Kier alpha value is -2.18. The first-order chi connectivity index (χ1) is 10.5. The van der Waals surface area contributed by atoms with Gasteiger partial charge in [0, 0.05) is 32.1 Å². The van der Waals surface area contributed by atoms with Gasteiger partial charge >= 0.3 is 0 Å². The summed E-state index contributed by atoms with van der Waals surface area (Å²) in [6, 6.07) is 3.21. The molecule has 1 saturated heterocycles. The van der Waals surface area contributed by atoms with Crippen molar-refractivity contribution in [3.63, 3.8) is 0 Å². The monoisotopic (exact) mass is 304 g/mol. The molecule has 1 amide bonds. The van der Waals surface area contributed by atoms with E-state index in [0.717, 1.165) is 44.6 Å². The Labute approximate surface area is 128 Å². The molecule has 1 aliphatic heterocycles. The molecule has 1 aromatic rings. The molecule has 1 N–H and O–H groups in total. The molecule has 7 heteroatoms. The number of aromatic nitrogens is 1. The van der Waals surface area contributed by atoms with Crippen LogP contribution in [0.15, 0.2) is 18.3 Å². The van der Waals surface area contributed by atoms with Crippen LogP contribution in [0.4, 0.5) is 11.5 Å². The van der Waals surface area contributed by atoms with Gasteiger partial charge in [-0.15, -0.1) is 0 Å². The normalized spacial score (nSPS) is 20.5. The number of nitrogens with one attached hydrogen (secondary N) is 1. The molecule has 0 unspecified atom stereocenters. The standard InChI is InChI=1S/C15H20N4O3/c1-16-14(20)11-8-15(9-11)4-6-18(7-5-15)13-3-2-12(10-17-13)19(21)22/h2-3,10-11H,4-9H2,1H3,(H,16,20). The van der Waals surface area contributed by atoms with Gasteiger partial charge in [-0.1, -0.05) is 0 Å². The smallest absolute Gasteiger partial charge is 0.287 e. The molecular formula is C15H20N4O3. The topological polar surface area (TPSA) is 88.4 Å². The fourth-order valence-electron chi connectivity index (χ4n) is 3.67. The van der Waals surface area contributed by atoms with Crippen molar-refractivity contribution in [2.45, 2.75) is 25.7 Å². The first-order valence-corrected chi connectivity index (χ1v) is 7.60. The molecule has 0 aromatic carbocycles. The number of amides is 1. The zero-order valence-corrected chi connectivity index (χ0v) is 12.6. The van der Waals surface area contributed by atoms with Crippen molar-refractivity contribution in [2.75, 3.05) is 25.0 Å². The quantitative estimate of drug-likeness (QED) is 0.678. The molecule has 118 valence electrons. The number of nitro groups is 1. The summed E-state index contributed by atoms with van der Waals surface area (Å²) in [6.45, 7) is 1.79. The van der Waals surface area contributed by atoms with Gasteiger partial charge in [-0.3, -0.25) is 14.9 Å². The van der Waals surface area contributed by atoms with Crippen molar-refractivity contribution >= 4 is 17.4 Å². The van der Waals surface area contributed by atoms with E-state index in [2.05, 4.69) is 15.2 Å². The van der Waals surface area contributed by atoms with Crippen LogP contribution in [-0.2, 0) is 4.79 Å². The van der Waals surface area contributed by atoms with E-state index in [1.54, 1.807) is 13.1 Å². The van der Waals surface area contributed by atoms with Crippen LogP contribution in [0.2, 0.25) is 0 Å². The van der Waals surface area contributed by atoms with E-state index in [0.29, 0.717) is 5.41 Å². The molecule has 2 aliphatic rings. The van der Waals surface area contributed by atoms with Gasteiger partial charge in [0.05, 0.1) is 4.92 Å². The molecule has 1 saturated carbocycles. The van der Waals surface area contributed by atoms with Crippen LogP contribution in [0.25, 0.3) is 0 Å². The highest BCUT2D eigenvalue weighted by molar-refractivity contribution is 5.79. The summed E-state index contributed by atoms with van der Waals surface area (Å²) in [5, 5.41) is 13.4. The SMILES string of the molecule is CNC(=O)C1CC2(CCN(c3ccc([N+](=O)[O-])cn3)CC2)C1. The summed E-state index contributed by atoms with van der Waals surface area (Å²) in [5.74, 6) is 1.13. The van der Waals surface area contributed by atoms with E-state index in [1.165, 1.54) is 12.3 Å². The number of anilines is 1. The zero-order chi connectivity index (χ0) is 15.7. The van der Waals surface area contributed by atoms with Crippen LogP contribution in [-0.4, -0.2) is 36.0 Å². The van der Waals surface area contributed by atoms with Crippen molar-refractivity contribution in [2.24, 2.45) is 11.3 Å². The lowest BCUT2D eigenvalue weighted by Crippen LogP contribution is -2.50. The molecule has 3 rings (SSSR count). The fourth-order valence-corrected chi connectivity index (χ4v) is 3.67. The average molecular weight is 304 g/mol. The van der Waals surface area contributed by atoms with Gasteiger partial charge in [-0.25, -0.2) is 4.98 Å². The number of rotatable bonds is 3. The molecule has 1 aliphatic carbocycles. The first kappa shape index (κ1) is 14.7. The van der Waals surface area contributed by atoms with E-state index in [1.807, 2.05) is 0 Å². The Morgan fingerprint density at radius 2 is 2.09 bits per heavy atom. The number of hydrogen-bond acceptors (Lipinski definition) is 5. The molecule has 2 fully saturated rings. The van der Waals surface area contributed by atoms with Crippen LogP contribution in [0.3, 0.4) is 0 Å². The van der Waals surface area contributed by atoms with Gasteiger partial charge < -0.3 is 10.2 Å². The largest absolute Gasteiger partial charge is 0.359 e. The van der Waals surface area contributed by atoms with Gasteiger partial charge in [-0.05, 0) is 37.2 Å². The summed E-state index contributed by atoms with van der Waals surface area (Å²) in [5.41, 5.74) is 0.332. The second-order valence-electron chi connectivity index (χ2n) is 6.34. The molecule has 7 nitrogen and oxygen atoms in total. The highest BCUT2D eigenvalue weighted by Gasteiger charge is 2.48. The van der Waals surface area contributed by atoms with E-state index in [4.69, 9.17) is 0 Å². The number of piperidine rings is 1. The summed E-state index contributed by atoms with van der Waals surface area (Å²) < 4.78 is 0. The molecule has 0 atom stereocenters. The summed E-state index contributed by atoms with van der Waals surface area (Å²) in [7, 11) is 1.69. The molecule has 0 radical (unpaired) electrons. The maximum absolute atomic E-state index is 11.6. The Bertz CT molecular complexity index is 571. The number of hydrogen-bond donors (Lipinski definition) is 1. The number of pyridine rings is 1. The minimum atomic E-state index is -0.435. The van der Waals surface area contributed by atoms with Crippen molar-refractivity contribution < 1.29 is 9.72 Å². The third kappa shape index (κ3) is 2.63.